The number of nitrogens with zero attached hydrogens (tertiary/aromatic N) is 1. The molecule has 1 aliphatic rings. The second kappa shape index (κ2) is 5.65. The molecule has 1 aromatic rings. The quantitative estimate of drug-likeness (QED) is 0.748. The molecule has 0 saturated heterocycles. The maximum Gasteiger partial charge on any atom is 0.341 e. The number of hydrogen-bond donors (Lipinski definition) is 3. The Kier molecular flexibility index (Phi) is 4.08. The summed E-state index contributed by atoms with van der Waals surface area (Å²) in [7, 11) is 0. The third-order valence-electron chi connectivity index (χ3n) is 2.86. The second-order valence-corrected chi connectivity index (χ2v) is 5.61. The molecule has 0 spiro atoms. The van der Waals surface area contributed by atoms with Crippen LogP contribution in [-0.4, -0.2) is 50.2 Å². The molecule has 0 fully saturated rings. The molecule has 1 aromatic carbocycles. The molecule has 112 valence electrons. The van der Waals surface area contributed by atoms with Gasteiger partial charge in [0.2, 0.25) is 0 Å². The number of carboxylic acids is 2. The van der Waals surface area contributed by atoms with Gasteiger partial charge in [-0.25, -0.2) is 9.59 Å². The summed E-state index contributed by atoms with van der Waals surface area (Å²) in [4.78, 5) is 25.7. The van der Waals surface area contributed by atoms with Crippen LogP contribution >= 0.6 is 11.8 Å². The van der Waals surface area contributed by atoms with Crippen LogP contribution in [0.2, 0.25) is 0 Å². The van der Waals surface area contributed by atoms with Gasteiger partial charge in [-0.3, -0.25) is 4.99 Å². The molecule has 7 nitrogen and oxygen atoms in total. The number of ether oxygens (including phenoxy) is 1. The van der Waals surface area contributed by atoms with Gasteiger partial charge in [0.25, 0.3) is 0 Å². The molecule has 8 heteroatoms. The number of benzene rings is 1. The van der Waals surface area contributed by atoms with Crippen LogP contribution in [-0.2, 0) is 9.59 Å². The van der Waals surface area contributed by atoms with Crippen molar-refractivity contribution >= 4 is 28.7 Å². The van der Waals surface area contributed by atoms with E-state index in [0.29, 0.717) is 10.6 Å². The maximum absolute atomic E-state index is 11.1. The summed E-state index contributed by atoms with van der Waals surface area (Å²) >= 11 is 1.24. The molecule has 0 aromatic heterocycles. The van der Waals surface area contributed by atoms with Crippen molar-refractivity contribution < 1.29 is 29.6 Å². The van der Waals surface area contributed by atoms with Gasteiger partial charge in [-0.1, -0.05) is 0 Å². The largest absolute Gasteiger partial charge is 0.507 e. The normalized spacial score (nSPS) is 20.9. The topological polar surface area (TPSA) is 116 Å². The molecule has 0 bridgehead atoms. The average molecular weight is 311 g/mol. The van der Waals surface area contributed by atoms with E-state index in [0.717, 1.165) is 0 Å². The maximum atomic E-state index is 11.1. The average Bonchev–Trinajstić information content (AvgIpc) is 2.80. The molecule has 1 unspecified atom stereocenters. The van der Waals surface area contributed by atoms with E-state index in [2.05, 4.69) is 4.99 Å². The molecule has 3 N–H and O–H groups in total. The van der Waals surface area contributed by atoms with Gasteiger partial charge in [0.1, 0.15) is 16.5 Å². The third-order valence-corrected chi connectivity index (χ3v) is 4.15. The number of phenols is 1. The number of rotatable bonds is 5. The highest BCUT2D eigenvalue weighted by Crippen LogP contribution is 2.35. The highest BCUT2D eigenvalue weighted by atomic mass is 32.2. The van der Waals surface area contributed by atoms with E-state index >= 15 is 0 Å². The van der Waals surface area contributed by atoms with Gasteiger partial charge in [-0.15, -0.1) is 11.8 Å². The van der Waals surface area contributed by atoms with Crippen LogP contribution in [0.5, 0.6) is 11.5 Å². The Morgan fingerprint density at radius 3 is 2.67 bits per heavy atom. The van der Waals surface area contributed by atoms with Crippen molar-refractivity contribution in [1.82, 2.24) is 0 Å². The number of phenolic OH excluding ortho intramolecular Hbond substituents is 1. The first-order chi connectivity index (χ1) is 9.82. The Morgan fingerprint density at radius 2 is 2.14 bits per heavy atom. The van der Waals surface area contributed by atoms with Gasteiger partial charge >= 0.3 is 11.9 Å². The zero-order valence-corrected chi connectivity index (χ0v) is 11.9. The van der Waals surface area contributed by atoms with Crippen molar-refractivity contribution in [2.75, 3.05) is 12.4 Å². The molecule has 0 saturated carbocycles. The van der Waals surface area contributed by atoms with E-state index in [-0.39, 0.29) is 17.3 Å². The predicted octanol–water partition coefficient (Wildman–Crippen LogP) is 1.19. The fourth-order valence-electron chi connectivity index (χ4n) is 1.67. The first-order valence-corrected chi connectivity index (χ1v) is 6.94. The molecule has 1 atom stereocenters. The molecule has 0 aliphatic carbocycles. The van der Waals surface area contributed by atoms with Crippen LogP contribution in [0.25, 0.3) is 0 Å². The fourth-order valence-corrected chi connectivity index (χ4v) is 2.87. The Morgan fingerprint density at radius 1 is 1.43 bits per heavy atom. The Labute approximate surface area is 124 Å². The standard InChI is InChI=1S/C13H13NO6S/c1-13(12(18)19)6-21-11(14-13)8-3-2-7(4-9(8)15)20-5-10(16)17/h2-4,15H,5-6H2,1H3,(H,16,17)(H,18,19). The Bertz CT molecular complexity index is 629. The Hall–Kier alpha value is -2.22. The lowest BCUT2D eigenvalue weighted by Gasteiger charge is -2.11. The van der Waals surface area contributed by atoms with Gasteiger partial charge in [0.05, 0.1) is 0 Å². The van der Waals surface area contributed by atoms with Crippen molar-refractivity contribution in [3.8, 4) is 11.5 Å². The highest BCUT2D eigenvalue weighted by Gasteiger charge is 2.38. The van der Waals surface area contributed by atoms with Crippen LogP contribution in [0.1, 0.15) is 12.5 Å². The van der Waals surface area contributed by atoms with E-state index in [1.165, 1.54) is 36.9 Å². The summed E-state index contributed by atoms with van der Waals surface area (Å²) in [6.07, 6.45) is 0. The van der Waals surface area contributed by atoms with E-state index in [1.807, 2.05) is 0 Å². The van der Waals surface area contributed by atoms with Crippen molar-refractivity contribution in [2.24, 2.45) is 4.99 Å². The number of carboxylic acid groups (broad SMARTS) is 2. The molecule has 21 heavy (non-hydrogen) atoms. The second-order valence-electron chi connectivity index (χ2n) is 4.65. The van der Waals surface area contributed by atoms with E-state index in [9.17, 15) is 14.7 Å². The number of hydrogen-bond acceptors (Lipinski definition) is 6. The summed E-state index contributed by atoms with van der Waals surface area (Å²) in [6, 6.07) is 4.29. The van der Waals surface area contributed by atoms with E-state index in [1.54, 1.807) is 0 Å². The van der Waals surface area contributed by atoms with Gasteiger partial charge in [0, 0.05) is 17.4 Å². The number of aliphatic imine (C=N–C) groups is 1. The zero-order chi connectivity index (χ0) is 15.6. The van der Waals surface area contributed by atoms with Crippen LogP contribution < -0.4 is 4.74 Å². The molecular formula is C13H13NO6S. The molecule has 2 rings (SSSR count). The van der Waals surface area contributed by atoms with Crippen LogP contribution in [0.4, 0.5) is 0 Å². The third kappa shape index (κ3) is 3.27. The van der Waals surface area contributed by atoms with Gasteiger partial charge < -0.3 is 20.1 Å². The highest BCUT2D eigenvalue weighted by molar-refractivity contribution is 8.14. The number of aromatic hydroxyl groups is 1. The zero-order valence-electron chi connectivity index (χ0n) is 11.1. The summed E-state index contributed by atoms with van der Waals surface area (Å²) < 4.78 is 4.94. The van der Waals surface area contributed by atoms with Crippen LogP contribution in [0, 0.1) is 0 Å². The molecule has 1 heterocycles. The number of carbonyl (C=O) groups is 2. The van der Waals surface area contributed by atoms with Crippen molar-refractivity contribution in [3.05, 3.63) is 23.8 Å². The minimum atomic E-state index is -1.20. The minimum absolute atomic E-state index is 0.140. The van der Waals surface area contributed by atoms with Crippen molar-refractivity contribution in [1.29, 1.82) is 0 Å². The lowest BCUT2D eigenvalue weighted by Crippen LogP contribution is -2.33. The predicted molar refractivity (Wildman–Crippen MR) is 76.3 cm³/mol. The fraction of sp³-hybridized carbons (Fsp3) is 0.308. The summed E-state index contributed by atoms with van der Waals surface area (Å²) in [5.41, 5.74) is -0.807. The lowest BCUT2D eigenvalue weighted by atomic mass is 10.1. The monoisotopic (exact) mass is 311 g/mol. The summed E-state index contributed by atoms with van der Waals surface area (Å²) in [5.74, 6) is -1.78. The number of thioether (sulfide) groups is 1. The summed E-state index contributed by atoms with van der Waals surface area (Å²) in [6.45, 7) is 1.00. The first-order valence-electron chi connectivity index (χ1n) is 5.96. The number of aliphatic carboxylic acids is 2. The first kappa shape index (κ1) is 15.2. The van der Waals surface area contributed by atoms with Gasteiger partial charge in [-0.05, 0) is 19.1 Å². The lowest BCUT2D eigenvalue weighted by molar-refractivity contribution is -0.141. The van der Waals surface area contributed by atoms with Gasteiger partial charge in [0.15, 0.2) is 12.1 Å². The molecule has 1 aliphatic heterocycles. The van der Waals surface area contributed by atoms with Crippen LogP contribution in [0.3, 0.4) is 0 Å². The van der Waals surface area contributed by atoms with Crippen LogP contribution in [0.15, 0.2) is 23.2 Å². The minimum Gasteiger partial charge on any atom is -0.507 e. The molecular weight excluding hydrogens is 298 g/mol. The Balaban J connectivity index is 2.22. The molecule has 0 radical (unpaired) electrons. The van der Waals surface area contributed by atoms with Gasteiger partial charge in [-0.2, -0.15) is 0 Å². The SMILES string of the molecule is CC1(C(=O)O)CSC(c2ccc(OCC(=O)O)cc2O)=N1. The smallest absolute Gasteiger partial charge is 0.341 e. The molecule has 0 amide bonds. The van der Waals surface area contributed by atoms with Crippen molar-refractivity contribution in [3.63, 3.8) is 0 Å². The summed E-state index contributed by atoms with van der Waals surface area (Å²) in [5, 5.41) is 28.0. The van der Waals surface area contributed by atoms with E-state index < -0.39 is 24.1 Å². The van der Waals surface area contributed by atoms with E-state index in [4.69, 9.17) is 14.9 Å². The van der Waals surface area contributed by atoms with Crippen molar-refractivity contribution in [2.45, 2.75) is 12.5 Å².